The molecule has 2 N–H and O–H groups in total. The number of nitrogens with two attached hydrogens (primary N) is 1. The first-order chi connectivity index (χ1) is 13.6. The van der Waals surface area contributed by atoms with Gasteiger partial charge in [-0.15, -0.1) is 0 Å². The second-order valence-corrected chi connectivity index (χ2v) is 8.40. The zero-order chi connectivity index (χ0) is 19.6. The molecule has 28 heavy (non-hydrogen) atoms. The Hall–Kier alpha value is -2.40. The first kappa shape index (κ1) is 18.9. The van der Waals surface area contributed by atoms with E-state index in [2.05, 4.69) is 47.1 Å². The van der Waals surface area contributed by atoms with Gasteiger partial charge >= 0.3 is 0 Å². The minimum absolute atomic E-state index is 0.0742. The molecule has 0 bridgehead atoms. The Morgan fingerprint density at radius 3 is 2.57 bits per heavy atom. The Labute approximate surface area is 167 Å². The second-order valence-electron chi connectivity index (χ2n) is 8.40. The summed E-state index contributed by atoms with van der Waals surface area (Å²) in [5, 5.41) is 0. The molecule has 1 aromatic carbocycles. The number of rotatable bonds is 3. The van der Waals surface area contributed by atoms with Gasteiger partial charge in [-0.1, -0.05) is 37.3 Å². The molecule has 3 heterocycles. The van der Waals surface area contributed by atoms with Crippen molar-refractivity contribution >= 4 is 11.7 Å². The molecule has 1 aromatic heterocycles. The highest BCUT2D eigenvalue weighted by molar-refractivity contribution is 5.94. The molecule has 2 fully saturated rings. The number of piperidine rings is 2. The largest absolute Gasteiger partial charge is 0.384 e. The number of nitrogen functional groups attached to an aromatic ring is 1. The summed E-state index contributed by atoms with van der Waals surface area (Å²) >= 11 is 0. The molecular formula is C23H30N4O. The fourth-order valence-corrected chi connectivity index (χ4v) is 4.95. The van der Waals surface area contributed by atoms with E-state index in [1.807, 2.05) is 4.90 Å². The van der Waals surface area contributed by atoms with Gasteiger partial charge in [0.15, 0.2) is 0 Å². The van der Waals surface area contributed by atoms with Crippen LogP contribution < -0.4 is 5.73 Å². The van der Waals surface area contributed by atoms with Gasteiger partial charge < -0.3 is 15.5 Å². The van der Waals surface area contributed by atoms with E-state index in [0.29, 0.717) is 22.7 Å². The molecule has 0 aliphatic carbocycles. The van der Waals surface area contributed by atoms with Crippen molar-refractivity contribution in [1.82, 2.24) is 14.8 Å². The lowest BCUT2D eigenvalue weighted by molar-refractivity contribution is 0.0158. The number of likely N-dealkylation sites (tertiary alicyclic amines) is 2. The quantitative estimate of drug-likeness (QED) is 0.889. The number of aromatic nitrogens is 1. The van der Waals surface area contributed by atoms with Crippen LogP contribution in [-0.4, -0.2) is 53.4 Å². The van der Waals surface area contributed by atoms with E-state index in [0.717, 1.165) is 45.6 Å². The molecule has 1 spiro atoms. The molecule has 2 aliphatic heterocycles. The molecule has 2 aromatic rings. The maximum absolute atomic E-state index is 12.8. The minimum atomic E-state index is 0.0742. The number of carbonyl (C=O) groups is 1. The number of hydrogen-bond donors (Lipinski definition) is 1. The molecule has 1 atom stereocenters. The van der Waals surface area contributed by atoms with Crippen LogP contribution in [-0.2, 0) is 0 Å². The summed E-state index contributed by atoms with van der Waals surface area (Å²) in [5.74, 6) is 1.10. The van der Waals surface area contributed by atoms with Crippen LogP contribution in [0.15, 0.2) is 48.7 Å². The average Bonchev–Trinajstić information content (AvgIpc) is 2.74. The van der Waals surface area contributed by atoms with Crippen LogP contribution in [0.4, 0.5) is 5.82 Å². The highest BCUT2D eigenvalue weighted by Gasteiger charge is 2.42. The molecular weight excluding hydrogens is 348 g/mol. The van der Waals surface area contributed by atoms with Crippen molar-refractivity contribution < 1.29 is 4.79 Å². The van der Waals surface area contributed by atoms with E-state index in [-0.39, 0.29) is 5.91 Å². The number of pyridine rings is 1. The third kappa shape index (κ3) is 3.90. The molecule has 148 valence electrons. The van der Waals surface area contributed by atoms with E-state index in [9.17, 15) is 4.79 Å². The van der Waals surface area contributed by atoms with Crippen LogP contribution in [0, 0.1) is 5.41 Å². The van der Waals surface area contributed by atoms with Gasteiger partial charge in [-0.05, 0) is 54.8 Å². The van der Waals surface area contributed by atoms with Crippen LogP contribution in [0.1, 0.15) is 48.0 Å². The number of amides is 1. The second kappa shape index (κ2) is 7.92. The Bertz CT molecular complexity index is 797. The lowest BCUT2D eigenvalue weighted by Gasteiger charge is -2.50. The van der Waals surface area contributed by atoms with Gasteiger partial charge in [0.05, 0.1) is 5.56 Å². The molecule has 5 heteroatoms. The summed E-state index contributed by atoms with van der Waals surface area (Å²) in [7, 11) is 0. The van der Waals surface area contributed by atoms with Crippen LogP contribution in [0.2, 0.25) is 0 Å². The lowest BCUT2D eigenvalue weighted by atomic mass is 9.68. The lowest BCUT2D eigenvalue weighted by Crippen LogP contribution is -2.52. The van der Waals surface area contributed by atoms with Gasteiger partial charge in [0.2, 0.25) is 0 Å². The van der Waals surface area contributed by atoms with Crippen molar-refractivity contribution in [3.05, 3.63) is 59.8 Å². The maximum Gasteiger partial charge on any atom is 0.255 e. The van der Waals surface area contributed by atoms with Crippen molar-refractivity contribution in [1.29, 1.82) is 0 Å². The van der Waals surface area contributed by atoms with Crippen LogP contribution >= 0.6 is 0 Å². The topological polar surface area (TPSA) is 62.5 Å². The number of carbonyl (C=O) groups excluding carboxylic acids is 1. The molecule has 2 aliphatic rings. The monoisotopic (exact) mass is 378 g/mol. The zero-order valence-electron chi connectivity index (χ0n) is 16.7. The molecule has 2 saturated heterocycles. The standard InChI is InChI=1S/C23H30N4O/c1-2-26-16-20(18-6-4-3-5-7-18)14-23(17-26)10-12-27(13-11-23)22(28)19-8-9-21(24)25-15-19/h3-9,15,20H,2,10-14,16-17H2,1H3,(H2,24,25)/t20-/m1/s1. The van der Waals surface area contributed by atoms with Crippen LogP contribution in [0.3, 0.4) is 0 Å². The third-order valence-corrected chi connectivity index (χ3v) is 6.58. The van der Waals surface area contributed by atoms with Gasteiger partial charge in [0.1, 0.15) is 5.82 Å². The van der Waals surface area contributed by atoms with Crippen molar-refractivity contribution in [3.8, 4) is 0 Å². The SMILES string of the molecule is CCN1C[C@H](c2ccccc2)CC2(CCN(C(=O)c3ccc(N)nc3)CC2)C1. The zero-order valence-corrected chi connectivity index (χ0v) is 16.7. The highest BCUT2D eigenvalue weighted by Crippen LogP contribution is 2.45. The smallest absolute Gasteiger partial charge is 0.255 e. The average molecular weight is 379 g/mol. The Kier molecular flexibility index (Phi) is 5.36. The Balaban J connectivity index is 1.45. The molecule has 0 unspecified atom stereocenters. The van der Waals surface area contributed by atoms with Gasteiger partial charge in [-0.2, -0.15) is 0 Å². The molecule has 0 saturated carbocycles. The fourth-order valence-electron chi connectivity index (χ4n) is 4.95. The predicted octanol–water partition coefficient (Wildman–Crippen LogP) is 3.40. The summed E-state index contributed by atoms with van der Waals surface area (Å²) in [6.07, 6.45) is 4.95. The van der Waals surface area contributed by atoms with E-state index < -0.39 is 0 Å². The van der Waals surface area contributed by atoms with Crippen LogP contribution in [0.5, 0.6) is 0 Å². The van der Waals surface area contributed by atoms with E-state index in [4.69, 9.17) is 5.73 Å². The van der Waals surface area contributed by atoms with Crippen molar-refractivity contribution in [2.75, 3.05) is 38.5 Å². The number of benzene rings is 1. The van der Waals surface area contributed by atoms with Gasteiger partial charge in [0, 0.05) is 32.4 Å². The Morgan fingerprint density at radius 2 is 1.93 bits per heavy atom. The fraction of sp³-hybridized carbons (Fsp3) is 0.478. The number of likely N-dealkylation sites (N-methyl/N-ethyl adjacent to an activating group) is 1. The van der Waals surface area contributed by atoms with Crippen LogP contribution in [0.25, 0.3) is 0 Å². The summed E-state index contributed by atoms with van der Waals surface area (Å²) < 4.78 is 0. The molecule has 4 rings (SSSR count). The highest BCUT2D eigenvalue weighted by atomic mass is 16.2. The van der Waals surface area contributed by atoms with Gasteiger partial charge in [0.25, 0.3) is 5.91 Å². The van der Waals surface area contributed by atoms with Gasteiger partial charge in [-0.25, -0.2) is 4.98 Å². The summed E-state index contributed by atoms with van der Waals surface area (Å²) in [4.78, 5) is 21.5. The predicted molar refractivity (Wildman–Crippen MR) is 112 cm³/mol. The van der Waals surface area contributed by atoms with Gasteiger partial charge in [-0.3, -0.25) is 4.79 Å². The maximum atomic E-state index is 12.8. The number of hydrogen-bond acceptors (Lipinski definition) is 4. The third-order valence-electron chi connectivity index (χ3n) is 6.58. The summed E-state index contributed by atoms with van der Waals surface area (Å²) in [6, 6.07) is 14.4. The molecule has 0 radical (unpaired) electrons. The molecule has 5 nitrogen and oxygen atoms in total. The summed E-state index contributed by atoms with van der Waals surface area (Å²) in [5.41, 5.74) is 8.04. The van der Waals surface area contributed by atoms with E-state index >= 15 is 0 Å². The first-order valence-electron chi connectivity index (χ1n) is 10.4. The van der Waals surface area contributed by atoms with E-state index in [1.54, 1.807) is 18.3 Å². The summed E-state index contributed by atoms with van der Waals surface area (Å²) in [6.45, 7) is 7.28. The first-order valence-corrected chi connectivity index (χ1v) is 10.4. The molecule has 1 amide bonds. The van der Waals surface area contributed by atoms with Crippen molar-refractivity contribution in [2.24, 2.45) is 5.41 Å². The number of anilines is 1. The van der Waals surface area contributed by atoms with Crippen molar-refractivity contribution in [3.63, 3.8) is 0 Å². The normalized spacial score (nSPS) is 22.3. The van der Waals surface area contributed by atoms with Crippen molar-refractivity contribution in [2.45, 2.75) is 32.1 Å². The Morgan fingerprint density at radius 1 is 1.18 bits per heavy atom. The van der Waals surface area contributed by atoms with E-state index in [1.165, 1.54) is 12.0 Å². The minimum Gasteiger partial charge on any atom is -0.384 e. The number of nitrogens with zero attached hydrogens (tertiary/aromatic N) is 3.